The fraction of sp³-hybridized carbons (Fsp3) is 0.0909. The van der Waals surface area contributed by atoms with E-state index in [1.165, 1.54) is 20.7 Å². The Hall–Kier alpha value is -3.56. The molecule has 7 nitrogen and oxygen atoms in total. The van der Waals surface area contributed by atoms with E-state index >= 15 is 0 Å². The van der Waals surface area contributed by atoms with Gasteiger partial charge in [0.25, 0.3) is 11.5 Å². The summed E-state index contributed by atoms with van der Waals surface area (Å²) in [5.74, 6) is -0.131. The summed E-state index contributed by atoms with van der Waals surface area (Å²) in [5.41, 5.74) is 1.70. The van der Waals surface area contributed by atoms with E-state index in [0.717, 1.165) is 6.42 Å². The molecule has 0 aliphatic rings. The predicted molar refractivity (Wildman–Crippen MR) is 125 cm³/mol. The molecule has 0 unspecified atom stereocenters. The molecule has 154 valence electrons. The molecule has 5 aromatic rings. The zero-order valence-corrected chi connectivity index (χ0v) is 17.9. The van der Waals surface area contributed by atoms with Crippen molar-refractivity contribution in [1.29, 1.82) is 0 Å². The number of anilines is 2. The third-order valence-electron chi connectivity index (χ3n) is 4.72. The van der Waals surface area contributed by atoms with Gasteiger partial charge in [0.15, 0.2) is 0 Å². The van der Waals surface area contributed by atoms with Crippen LogP contribution in [0.5, 0.6) is 0 Å². The third-order valence-corrected chi connectivity index (χ3v) is 6.48. The number of amides is 1. The van der Waals surface area contributed by atoms with Crippen molar-refractivity contribution in [3.8, 4) is 0 Å². The Morgan fingerprint density at radius 2 is 1.97 bits per heavy atom. The SMILES string of the molecule is O=C(NCCc1cccs1)c1cccc(Nc2nn3c(=O)c4ccccc4nc3s2)c1. The number of thiophene rings is 1. The lowest BCUT2D eigenvalue weighted by Crippen LogP contribution is -2.25. The predicted octanol–water partition coefficient (Wildman–Crippen LogP) is 4.08. The van der Waals surface area contributed by atoms with Crippen LogP contribution in [0.25, 0.3) is 15.9 Å². The van der Waals surface area contributed by atoms with Crippen molar-refractivity contribution < 1.29 is 4.79 Å². The van der Waals surface area contributed by atoms with Gasteiger partial charge in [-0.3, -0.25) is 9.59 Å². The number of benzene rings is 2. The standard InChI is InChI=1S/C22H17N5O2S2/c28-19(23-11-10-16-7-4-12-30-16)14-5-3-6-15(13-14)24-21-26-27-20(29)17-8-1-2-9-18(17)25-22(27)31-21/h1-9,12-13H,10-11H2,(H,23,28)(H,24,26). The molecule has 0 radical (unpaired) electrons. The minimum atomic E-state index is -0.205. The fourth-order valence-electron chi connectivity index (χ4n) is 3.22. The number of nitrogens with one attached hydrogen (secondary N) is 2. The molecular weight excluding hydrogens is 430 g/mol. The van der Waals surface area contributed by atoms with Crippen molar-refractivity contribution >= 4 is 55.3 Å². The van der Waals surface area contributed by atoms with Crippen molar-refractivity contribution in [3.63, 3.8) is 0 Å². The topological polar surface area (TPSA) is 88.4 Å². The minimum absolute atomic E-state index is 0.131. The van der Waals surface area contributed by atoms with Crippen LogP contribution in [0, 0.1) is 0 Å². The first-order chi connectivity index (χ1) is 15.2. The second-order valence-corrected chi connectivity index (χ2v) is 8.81. The molecule has 9 heteroatoms. The zero-order chi connectivity index (χ0) is 21.2. The number of hydrogen-bond donors (Lipinski definition) is 2. The number of para-hydroxylation sites is 1. The van der Waals surface area contributed by atoms with Crippen molar-refractivity contribution in [2.24, 2.45) is 0 Å². The Bertz CT molecular complexity index is 1440. The molecule has 31 heavy (non-hydrogen) atoms. The number of hydrogen-bond acceptors (Lipinski definition) is 7. The Morgan fingerprint density at radius 1 is 1.06 bits per heavy atom. The molecule has 0 saturated carbocycles. The molecule has 1 amide bonds. The van der Waals surface area contributed by atoms with Crippen LogP contribution in [0.3, 0.4) is 0 Å². The summed E-state index contributed by atoms with van der Waals surface area (Å²) in [7, 11) is 0. The molecule has 0 atom stereocenters. The maximum atomic E-state index is 12.7. The largest absolute Gasteiger partial charge is 0.352 e. The first kappa shape index (κ1) is 19.4. The van der Waals surface area contributed by atoms with Crippen LogP contribution >= 0.6 is 22.7 Å². The van der Waals surface area contributed by atoms with Crippen LogP contribution in [0.2, 0.25) is 0 Å². The van der Waals surface area contributed by atoms with Crippen LogP contribution in [-0.2, 0) is 6.42 Å². The molecule has 0 fully saturated rings. The third kappa shape index (κ3) is 4.05. The highest BCUT2D eigenvalue weighted by molar-refractivity contribution is 7.20. The van der Waals surface area contributed by atoms with E-state index in [1.54, 1.807) is 35.6 Å². The highest BCUT2D eigenvalue weighted by Gasteiger charge is 2.12. The van der Waals surface area contributed by atoms with E-state index in [2.05, 4.69) is 26.8 Å². The van der Waals surface area contributed by atoms with Crippen LogP contribution in [0.4, 0.5) is 10.8 Å². The molecule has 2 aromatic carbocycles. The highest BCUT2D eigenvalue weighted by Crippen LogP contribution is 2.23. The van der Waals surface area contributed by atoms with E-state index in [9.17, 15) is 9.59 Å². The molecule has 2 N–H and O–H groups in total. The summed E-state index contributed by atoms with van der Waals surface area (Å²) in [6.07, 6.45) is 0.809. The molecular formula is C22H17N5O2S2. The molecule has 0 bridgehead atoms. The van der Waals surface area contributed by atoms with Gasteiger partial charge in [-0.15, -0.1) is 16.4 Å². The van der Waals surface area contributed by atoms with Gasteiger partial charge in [-0.2, -0.15) is 4.52 Å². The van der Waals surface area contributed by atoms with E-state index in [0.29, 0.717) is 38.8 Å². The number of carbonyl (C=O) groups excluding carboxylic acids is 1. The van der Waals surface area contributed by atoms with Gasteiger partial charge in [-0.05, 0) is 48.2 Å². The second kappa shape index (κ2) is 8.29. The summed E-state index contributed by atoms with van der Waals surface area (Å²) in [4.78, 5) is 31.4. The van der Waals surface area contributed by atoms with Gasteiger partial charge in [0.1, 0.15) is 0 Å². The van der Waals surface area contributed by atoms with Gasteiger partial charge in [0.05, 0.1) is 10.9 Å². The van der Waals surface area contributed by atoms with Crippen molar-refractivity contribution in [2.45, 2.75) is 6.42 Å². The Morgan fingerprint density at radius 3 is 2.84 bits per heavy atom. The van der Waals surface area contributed by atoms with Crippen LogP contribution in [0.1, 0.15) is 15.2 Å². The van der Waals surface area contributed by atoms with Crippen molar-refractivity contribution in [2.75, 3.05) is 11.9 Å². The highest BCUT2D eigenvalue weighted by atomic mass is 32.1. The van der Waals surface area contributed by atoms with E-state index in [4.69, 9.17) is 0 Å². The van der Waals surface area contributed by atoms with Gasteiger partial charge in [0, 0.05) is 22.7 Å². The summed E-state index contributed by atoms with van der Waals surface area (Å²) >= 11 is 2.96. The average molecular weight is 448 g/mol. The maximum Gasteiger partial charge on any atom is 0.283 e. The molecule has 0 saturated heterocycles. The number of fused-ring (bicyclic) bond motifs is 2. The Balaban J connectivity index is 1.33. The number of nitrogens with zero attached hydrogens (tertiary/aromatic N) is 3. The van der Waals surface area contributed by atoms with E-state index in [1.807, 2.05) is 35.7 Å². The lowest BCUT2D eigenvalue weighted by molar-refractivity contribution is 0.0954. The average Bonchev–Trinajstić information content (AvgIpc) is 3.44. The van der Waals surface area contributed by atoms with Crippen LogP contribution in [0.15, 0.2) is 70.8 Å². The normalized spacial score (nSPS) is 11.1. The fourth-order valence-corrected chi connectivity index (χ4v) is 4.75. The van der Waals surface area contributed by atoms with Gasteiger partial charge >= 0.3 is 0 Å². The first-order valence-electron chi connectivity index (χ1n) is 9.64. The molecule has 0 aliphatic heterocycles. The van der Waals surface area contributed by atoms with Crippen LogP contribution < -0.4 is 16.2 Å². The second-order valence-electron chi connectivity index (χ2n) is 6.83. The lowest BCUT2D eigenvalue weighted by atomic mass is 10.2. The molecule has 3 aromatic heterocycles. The quantitative estimate of drug-likeness (QED) is 0.409. The van der Waals surface area contributed by atoms with Gasteiger partial charge in [-0.25, -0.2) is 4.98 Å². The summed E-state index contributed by atoms with van der Waals surface area (Å²) in [6.45, 7) is 0.580. The monoisotopic (exact) mass is 447 g/mol. The van der Waals surface area contributed by atoms with E-state index < -0.39 is 0 Å². The molecule has 5 rings (SSSR count). The van der Waals surface area contributed by atoms with Gasteiger partial charge in [-0.1, -0.05) is 35.6 Å². The Kier molecular flexibility index (Phi) is 5.19. The Labute approximate surface area is 185 Å². The number of aromatic nitrogens is 3. The summed E-state index contributed by atoms with van der Waals surface area (Å²) in [6, 6.07) is 18.5. The van der Waals surface area contributed by atoms with Crippen molar-refractivity contribution in [1.82, 2.24) is 19.9 Å². The first-order valence-corrected chi connectivity index (χ1v) is 11.3. The smallest absolute Gasteiger partial charge is 0.283 e. The molecule has 3 heterocycles. The molecule has 0 aliphatic carbocycles. The van der Waals surface area contributed by atoms with E-state index in [-0.39, 0.29) is 11.5 Å². The maximum absolute atomic E-state index is 12.7. The number of rotatable bonds is 6. The molecule has 0 spiro atoms. The summed E-state index contributed by atoms with van der Waals surface area (Å²) in [5, 5.41) is 13.6. The minimum Gasteiger partial charge on any atom is -0.352 e. The number of carbonyl (C=O) groups is 1. The lowest BCUT2D eigenvalue weighted by Gasteiger charge is -2.07. The van der Waals surface area contributed by atoms with Crippen LogP contribution in [-0.4, -0.2) is 27.0 Å². The summed E-state index contributed by atoms with van der Waals surface area (Å²) < 4.78 is 1.30. The van der Waals surface area contributed by atoms with Gasteiger partial charge in [0.2, 0.25) is 10.1 Å². The van der Waals surface area contributed by atoms with Gasteiger partial charge < -0.3 is 10.6 Å². The van der Waals surface area contributed by atoms with Crippen molar-refractivity contribution in [3.05, 3.63) is 86.8 Å². The zero-order valence-electron chi connectivity index (χ0n) is 16.2.